The second-order valence-electron chi connectivity index (χ2n) is 5.72. The summed E-state index contributed by atoms with van der Waals surface area (Å²) in [5.41, 5.74) is 6.18. The number of amides is 1. The Hall–Kier alpha value is -1.15. The summed E-state index contributed by atoms with van der Waals surface area (Å²) < 4.78 is 27.0. The highest BCUT2D eigenvalue weighted by molar-refractivity contribution is 7.89. The van der Waals surface area contributed by atoms with Crippen molar-refractivity contribution in [2.24, 2.45) is 11.7 Å². The van der Waals surface area contributed by atoms with E-state index in [1.807, 2.05) is 20.8 Å². The van der Waals surface area contributed by atoms with Crippen LogP contribution in [0, 0.1) is 5.92 Å². The van der Waals surface area contributed by atoms with Crippen molar-refractivity contribution in [3.8, 4) is 0 Å². The summed E-state index contributed by atoms with van der Waals surface area (Å²) in [6.07, 6.45) is 0.693. The predicted molar refractivity (Wildman–Crippen MR) is 95.2 cm³/mol. The number of nitrogens with two attached hydrogens (primary N) is 1. The topological polar surface area (TPSA) is 101 Å². The Morgan fingerprint density at radius 2 is 1.87 bits per heavy atom. The van der Waals surface area contributed by atoms with Crippen LogP contribution in [0.25, 0.3) is 0 Å². The standard InChI is InChI=1S/C15H25N3O3S.ClH/c1-5-11(4)18-22(20,21)13-8-6-7-12(9-13)17-15(19)14(16)10(2)3;/h6-11,14,18H,5,16H2,1-4H3,(H,17,19);1H/t11?,14-;/m0./s1. The zero-order chi connectivity index (χ0) is 16.9. The van der Waals surface area contributed by atoms with E-state index in [2.05, 4.69) is 10.0 Å². The van der Waals surface area contributed by atoms with E-state index in [0.717, 1.165) is 0 Å². The van der Waals surface area contributed by atoms with Crippen LogP contribution in [0.3, 0.4) is 0 Å². The van der Waals surface area contributed by atoms with Gasteiger partial charge in [-0.05, 0) is 37.5 Å². The third-order valence-electron chi connectivity index (χ3n) is 3.40. The fourth-order valence-electron chi connectivity index (χ4n) is 1.69. The second-order valence-corrected chi connectivity index (χ2v) is 7.43. The molecular weight excluding hydrogens is 338 g/mol. The second kappa shape index (κ2) is 9.22. The zero-order valence-electron chi connectivity index (χ0n) is 13.9. The third-order valence-corrected chi connectivity index (χ3v) is 4.99. The molecule has 0 saturated carbocycles. The average molecular weight is 364 g/mol. The van der Waals surface area contributed by atoms with Gasteiger partial charge in [0.2, 0.25) is 15.9 Å². The van der Waals surface area contributed by atoms with Crippen LogP contribution in [0.2, 0.25) is 0 Å². The summed E-state index contributed by atoms with van der Waals surface area (Å²) in [5.74, 6) is -0.335. The Kier molecular flexibility index (Phi) is 8.76. The van der Waals surface area contributed by atoms with E-state index in [4.69, 9.17) is 5.73 Å². The van der Waals surface area contributed by atoms with Crippen molar-refractivity contribution in [2.75, 3.05) is 5.32 Å². The summed E-state index contributed by atoms with van der Waals surface area (Å²) in [4.78, 5) is 12.1. The molecule has 0 bridgehead atoms. The van der Waals surface area contributed by atoms with Gasteiger partial charge in [0.15, 0.2) is 0 Å². The maximum atomic E-state index is 12.2. The number of carbonyl (C=O) groups is 1. The van der Waals surface area contributed by atoms with Crippen molar-refractivity contribution < 1.29 is 13.2 Å². The number of halogens is 1. The monoisotopic (exact) mass is 363 g/mol. The Balaban J connectivity index is 0.00000484. The van der Waals surface area contributed by atoms with Crippen LogP contribution in [-0.4, -0.2) is 26.4 Å². The lowest BCUT2D eigenvalue weighted by Gasteiger charge is -2.16. The van der Waals surface area contributed by atoms with Crippen LogP contribution in [0.5, 0.6) is 0 Å². The first-order valence-electron chi connectivity index (χ1n) is 7.36. The fourth-order valence-corrected chi connectivity index (χ4v) is 3.06. The lowest BCUT2D eigenvalue weighted by molar-refractivity contribution is -0.118. The van der Waals surface area contributed by atoms with Crippen molar-refractivity contribution >= 4 is 34.0 Å². The Morgan fingerprint density at radius 3 is 2.39 bits per heavy atom. The van der Waals surface area contributed by atoms with Crippen LogP contribution in [0.15, 0.2) is 29.2 Å². The molecule has 23 heavy (non-hydrogen) atoms. The van der Waals surface area contributed by atoms with E-state index in [-0.39, 0.29) is 35.2 Å². The van der Waals surface area contributed by atoms with Gasteiger partial charge in [0, 0.05) is 11.7 Å². The van der Waals surface area contributed by atoms with E-state index in [1.54, 1.807) is 19.1 Å². The Labute approximate surface area is 144 Å². The molecule has 0 spiro atoms. The van der Waals surface area contributed by atoms with Crippen LogP contribution < -0.4 is 15.8 Å². The first kappa shape index (κ1) is 21.9. The number of hydrogen-bond donors (Lipinski definition) is 3. The lowest BCUT2D eigenvalue weighted by Crippen LogP contribution is -2.39. The van der Waals surface area contributed by atoms with Gasteiger partial charge in [0.25, 0.3) is 0 Å². The number of sulfonamides is 1. The van der Waals surface area contributed by atoms with Crippen LogP contribution in [0.4, 0.5) is 5.69 Å². The summed E-state index contributed by atoms with van der Waals surface area (Å²) in [7, 11) is -3.60. The molecule has 1 aromatic rings. The van der Waals surface area contributed by atoms with Gasteiger partial charge in [-0.3, -0.25) is 4.79 Å². The molecule has 4 N–H and O–H groups in total. The predicted octanol–water partition coefficient (Wildman–Crippen LogP) is 2.11. The maximum Gasteiger partial charge on any atom is 0.241 e. The first-order valence-corrected chi connectivity index (χ1v) is 8.84. The van der Waals surface area contributed by atoms with Gasteiger partial charge in [-0.2, -0.15) is 0 Å². The molecule has 0 fully saturated rings. The highest BCUT2D eigenvalue weighted by atomic mass is 35.5. The van der Waals surface area contributed by atoms with Gasteiger partial charge in [0.1, 0.15) is 0 Å². The summed E-state index contributed by atoms with van der Waals surface area (Å²) in [5, 5.41) is 2.65. The molecule has 0 aliphatic carbocycles. The summed E-state index contributed by atoms with van der Waals surface area (Å²) in [6, 6.07) is 5.34. The van der Waals surface area contributed by atoms with Gasteiger partial charge in [-0.15, -0.1) is 12.4 Å². The maximum absolute atomic E-state index is 12.2. The number of rotatable bonds is 7. The Bertz CT molecular complexity index is 620. The molecular formula is C15H26ClN3O3S. The van der Waals surface area contributed by atoms with Gasteiger partial charge in [0.05, 0.1) is 10.9 Å². The largest absolute Gasteiger partial charge is 0.325 e. The molecule has 8 heteroatoms. The minimum Gasteiger partial charge on any atom is -0.325 e. The molecule has 1 rings (SSSR count). The van der Waals surface area contributed by atoms with Crippen molar-refractivity contribution in [1.82, 2.24) is 4.72 Å². The molecule has 2 atom stereocenters. The van der Waals surface area contributed by atoms with Crippen molar-refractivity contribution in [3.63, 3.8) is 0 Å². The molecule has 1 unspecified atom stereocenters. The minimum atomic E-state index is -3.60. The zero-order valence-corrected chi connectivity index (χ0v) is 15.5. The van der Waals surface area contributed by atoms with Crippen LogP contribution in [0.1, 0.15) is 34.1 Å². The van der Waals surface area contributed by atoms with E-state index >= 15 is 0 Å². The van der Waals surface area contributed by atoms with Gasteiger partial charge >= 0.3 is 0 Å². The van der Waals surface area contributed by atoms with E-state index < -0.39 is 16.1 Å². The summed E-state index contributed by atoms with van der Waals surface area (Å²) in [6.45, 7) is 7.39. The molecule has 1 aromatic carbocycles. The molecule has 0 heterocycles. The SMILES string of the molecule is CCC(C)NS(=O)(=O)c1cccc(NC(=O)[C@@H](N)C(C)C)c1.Cl. The highest BCUT2D eigenvalue weighted by Gasteiger charge is 2.19. The highest BCUT2D eigenvalue weighted by Crippen LogP contribution is 2.16. The molecule has 1 amide bonds. The summed E-state index contributed by atoms with van der Waals surface area (Å²) >= 11 is 0. The lowest BCUT2D eigenvalue weighted by atomic mass is 10.1. The number of carbonyl (C=O) groups excluding carboxylic acids is 1. The van der Waals surface area contributed by atoms with Crippen LogP contribution in [-0.2, 0) is 14.8 Å². The average Bonchev–Trinajstić information content (AvgIpc) is 2.45. The number of hydrogen-bond acceptors (Lipinski definition) is 4. The number of benzene rings is 1. The van der Waals surface area contributed by atoms with Crippen molar-refractivity contribution in [2.45, 2.75) is 51.1 Å². The number of nitrogens with one attached hydrogen (secondary N) is 2. The molecule has 0 radical (unpaired) electrons. The van der Waals surface area contributed by atoms with Crippen LogP contribution >= 0.6 is 12.4 Å². The third kappa shape index (κ3) is 6.47. The van der Waals surface area contributed by atoms with Crippen molar-refractivity contribution in [3.05, 3.63) is 24.3 Å². The molecule has 0 saturated heterocycles. The molecule has 132 valence electrons. The van der Waals surface area contributed by atoms with E-state index in [1.165, 1.54) is 12.1 Å². The molecule has 0 aromatic heterocycles. The first-order chi connectivity index (χ1) is 10.2. The quantitative estimate of drug-likeness (QED) is 0.690. The normalized spacial score (nSPS) is 14.0. The van der Waals surface area contributed by atoms with E-state index in [9.17, 15) is 13.2 Å². The number of anilines is 1. The van der Waals surface area contributed by atoms with Gasteiger partial charge in [-0.25, -0.2) is 13.1 Å². The smallest absolute Gasteiger partial charge is 0.241 e. The molecule has 6 nitrogen and oxygen atoms in total. The minimum absolute atomic E-state index is 0. The van der Waals surface area contributed by atoms with Crippen molar-refractivity contribution in [1.29, 1.82) is 0 Å². The van der Waals surface area contributed by atoms with E-state index in [0.29, 0.717) is 12.1 Å². The molecule has 0 aliphatic heterocycles. The molecule has 0 aliphatic rings. The fraction of sp³-hybridized carbons (Fsp3) is 0.533. The van der Waals surface area contributed by atoms with Gasteiger partial charge < -0.3 is 11.1 Å². The Morgan fingerprint density at radius 1 is 1.26 bits per heavy atom. The van der Waals surface area contributed by atoms with Gasteiger partial charge in [-0.1, -0.05) is 26.8 Å².